The Kier molecular flexibility index (Phi) is 6.75. The predicted octanol–water partition coefficient (Wildman–Crippen LogP) is 3.92. The van der Waals surface area contributed by atoms with Crippen LogP contribution in [-0.4, -0.2) is 17.1 Å². The number of hydrogen-bond donors (Lipinski definition) is 2. The Labute approximate surface area is 148 Å². The van der Waals surface area contributed by atoms with Crippen LogP contribution in [0.2, 0.25) is 0 Å². The van der Waals surface area contributed by atoms with Gasteiger partial charge in [0.2, 0.25) is 5.91 Å². The molecule has 0 aliphatic carbocycles. The molecule has 1 unspecified atom stereocenters. The zero-order chi connectivity index (χ0) is 17.4. The number of hydrogen-bond acceptors (Lipinski definition) is 3. The van der Waals surface area contributed by atoms with Gasteiger partial charge < -0.3 is 15.4 Å². The van der Waals surface area contributed by atoms with Gasteiger partial charge in [0.1, 0.15) is 5.75 Å². The fourth-order valence-electron chi connectivity index (χ4n) is 2.08. The van der Waals surface area contributed by atoms with Crippen LogP contribution in [0.1, 0.15) is 25.8 Å². The van der Waals surface area contributed by atoms with E-state index in [-0.39, 0.29) is 17.1 Å². The molecule has 0 radical (unpaired) electrons. The van der Waals surface area contributed by atoms with Gasteiger partial charge in [0.15, 0.2) is 5.11 Å². The van der Waals surface area contributed by atoms with Gasteiger partial charge in [-0.2, -0.15) is 0 Å². The molecule has 2 aromatic rings. The molecule has 2 rings (SSSR count). The van der Waals surface area contributed by atoms with E-state index in [1.807, 2.05) is 61.5 Å². The highest BCUT2D eigenvalue weighted by Crippen LogP contribution is 2.19. The summed E-state index contributed by atoms with van der Waals surface area (Å²) in [6, 6.07) is 17.1. The summed E-state index contributed by atoms with van der Waals surface area (Å²) in [6.45, 7) is 4.10. The molecule has 0 saturated heterocycles. The fraction of sp³-hybridized carbons (Fsp3) is 0.263. The summed E-state index contributed by atoms with van der Waals surface area (Å²) in [5, 5.41) is 5.97. The first kappa shape index (κ1) is 17.9. The summed E-state index contributed by atoms with van der Waals surface area (Å²) < 4.78 is 5.78. The Balaban J connectivity index is 1.87. The first-order valence-electron chi connectivity index (χ1n) is 7.98. The lowest BCUT2D eigenvalue weighted by atomic mass is 10.1. The first-order chi connectivity index (χ1) is 11.6. The van der Waals surface area contributed by atoms with Crippen molar-refractivity contribution in [3.8, 4) is 5.75 Å². The largest absolute Gasteiger partial charge is 0.491 e. The standard InChI is InChI=1S/C19H22N2O2S/c1-3-14(2)23-17-11-7-10-16(13-17)20-19(24)21-18(22)12-15-8-5-4-6-9-15/h4-11,13-14H,3,12H2,1-2H3,(H2,20,21,22,24). The molecular weight excluding hydrogens is 320 g/mol. The van der Waals surface area contributed by atoms with Gasteiger partial charge >= 0.3 is 0 Å². The maximum absolute atomic E-state index is 12.0. The first-order valence-corrected chi connectivity index (χ1v) is 8.39. The molecule has 0 fully saturated rings. The quantitative estimate of drug-likeness (QED) is 0.781. The van der Waals surface area contributed by atoms with E-state index in [9.17, 15) is 4.79 Å². The minimum absolute atomic E-state index is 0.147. The molecule has 0 spiro atoms. The summed E-state index contributed by atoms with van der Waals surface area (Å²) in [5.74, 6) is 0.624. The summed E-state index contributed by atoms with van der Waals surface area (Å²) in [4.78, 5) is 12.0. The van der Waals surface area contributed by atoms with Crippen LogP contribution < -0.4 is 15.4 Å². The lowest BCUT2D eigenvalue weighted by Crippen LogP contribution is -2.35. The molecule has 2 aromatic carbocycles. The molecule has 0 aliphatic rings. The van der Waals surface area contributed by atoms with Crippen molar-refractivity contribution < 1.29 is 9.53 Å². The molecule has 0 saturated carbocycles. The molecule has 2 N–H and O–H groups in total. The second-order valence-corrected chi connectivity index (χ2v) is 5.94. The van der Waals surface area contributed by atoms with Crippen LogP contribution in [0.5, 0.6) is 5.75 Å². The number of thiocarbonyl (C=S) groups is 1. The topological polar surface area (TPSA) is 50.4 Å². The van der Waals surface area contributed by atoms with Gasteiger partial charge in [-0.15, -0.1) is 0 Å². The van der Waals surface area contributed by atoms with Crippen molar-refractivity contribution in [2.45, 2.75) is 32.8 Å². The monoisotopic (exact) mass is 342 g/mol. The molecule has 0 bridgehead atoms. The molecule has 24 heavy (non-hydrogen) atoms. The SMILES string of the molecule is CCC(C)Oc1cccc(NC(=S)NC(=O)Cc2ccccc2)c1. The number of amides is 1. The number of carbonyl (C=O) groups is 1. The average Bonchev–Trinajstić information content (AvgIpc) is 2.55. The normalized spacial score (nSPS) is 11.4. The van der Waals surface area contributed by atoms with E-state index in [0.29, 0.717) is 6.42 Å². The van der Waals surface area contributed by atoms with E-state index >= 15 is 0 Å². The molecule has 1 amide bonds. The van der Waals surface area contributed by atoms with E-state index in [1.165, 1.54) is 0 Å². The van der Waals surface area contributed by atoms with Crippen molar-refractivity contribution in [2.24, 2.45) is 0 Å². The number of benzene rings is 2. The van der Waals surface area contributed by atoms with Crippen molar-refractivity contribution >= 4 is 28.9 Å². The molecule has 0 heterocycles. The Morgan fingerprint density at radius 2 is 1.92 bits per heavy atom. The summed E-state index contributed by atoms with van der Waals surface area (Å²) in [7, 11) is 0. The third-order valence-electron chi connectivity index (χ3n) is 3.46. The second-order valence-electron chi connectivity index (χ2n) is 5.53. The highest BCUT2D eigenvalue weighted by Gasteiger charge is 2.07. The Bertz CT molecular complexity index is 689. The summed E-state index contributed by atoms with van der Waals surface area (Å²) in [6.07, 6.45) is 1.38. The number of ether oxygens (including phenoxy) is 1. The van der Waals surface area contributed by atoms with Crippen molar-refractivity contribution in [1.29, 1.82) is 0 Å². The fourth-order valence-corrected chi connectivity index (χ4v) is 2.31. The minimum atomic E-state index is -0.147. The highest BCUT2D eigenvalue weighted by molar-refractivity contribution is 7.80. The lowest BCUT2D eigenvalue weighted by Gasteiger charge is -2.14. The molecule has 0 aromatic heterocycles. The third-order valence-corrected chi connectivity index (χ3v) is 3.67. The van der Waals surface area contributed by atoms with Crippen LogP contribution in [0.4, 0.5) is 5.69 Å². The van der Waals surface area contributed by atoms with Crippen LogP contribution in [0.3, 0.4) is 0 Å². The zero-order valence-electron chi connectivity index (χ0n) is 13.9. The summed E-state index contributed by atoms with van der Waals surface area (Å²) >= 11 is 5.20. The van der Waals surface area contributed by atoms with Crippen molar-refractivity contribution in [3.63, 3.8) is 0 Å². The highest BCUT2D eigenvalue weighted by atomic mass is 32.1. The number of nitrogens with one attached hydrogen (secondary N) is 2. The average molecular weight is 342 g/mol. The Morgan fingerprint density at radius 1 is 1.17 bits per heavy atom. The van der Waals surface area contributed by atoms with Gasteiger partial charge in [-0.3, -0.25) is 4.79 Å². The zero-order valence-corrected chi connectivity index (χ0v) is 14.7. The van der Waals surface area contributed by atoms with E-state index in [4.69, 9.17) is 17.0 Å². The van der Waals surface area contributed by atoms with Crippen molar-refractivity contribution in [1.82, 2.24) is 5.32 Å². The van der Waals surface area contributed by atoms with Crippen molar-refractivity contribution in [2.75, 3.05) is 5.32 Å². The van der Waals surface area contributed by atoms with Gasteiger partial charge in [-0.05, 0) is 43.3 Å². The molecule has 126 valence electrons. The third kappa shape index (κ3) is 6.01. The summed E-state index contributed by atoms with van der Waals surface area (Å²) in [5.41, 5.74) is 1.72. The molecule has 0 aliphatic heterocycles. The van der Waals surface area contributed by atoms with E-state index in [0.717, 1.165) is 23.4 Å². The van der Waals surface area contributed by atoms with Gasteiger partial charge in [-0.25, -0.2) is 0 Å². The van der Waals surface area contributed by atoms with Crippen LogP contribution >= 0.6 is 12.2 Å². The Morgan fingerprint density at radius 3 is 2.62 bits per heavy atom. The number of rotatable bonds is 6. The van der Waals surface area contributed by atoms with Crippen molar-refractivity contribution in [3.05, 3.63) is 60.2 Å². The van der Waals surface area contributed by atoms with E-state index in [2.05, 4.69) is 17.6 Å². The van der Waals surface area contributed by atoms with Crippen LogP contribution in [0.25, 0.3) is 0 Å². The molecule has 4 nitrogen and oxygen atoms in total. The maximum Gasteiger partial charge on any atom is 0.230 e. The van der Waals surface area contributed by atoms with Gasteiger partial charge in [-0.1, -0.05) is 43.3 Å². The van der Waals surface area contributed by atoms with Crippen LogP contribution in [0.15, 0.2) is 54.6 Å². The molecular formula is C19H22N2O2S. The van der Waals surface area contributed by atoms with Gasteiger partial charge in [0.25, 0.3) is 0 Å². The molecule has 5 heteroatoms. The second kappa shape index (κ2) is 9.03. The predicted molar refractivity (Wildman–Crippen MR) is 101 cm³/mol. The number of anilines is 1. The van der Waals surface area contributed by atoms with Crippen LogP contribution in [0, 0.1) is 0 Å². The van der Waals surface area contributed by atoms with Gasteiger partial charge in [0, 0.05) is 11.8 Å². The number of carbonyl (C=O) groups excluding carboxylic acids is 1. The smallest absolute Gasteiger partial charge is 0.230 e. The minimum Gasteiger partial charge on any atom is -0.491 e. The lowest BCUT2D eigenvalue weighted by molar-refractivity contribution is -0.119. The Hall–Kier alpha value is -2.40. The van der Waals surface area contributed by atoms with Gasteiger partial charge in [0.05, 0.1) is 12.5 Å². The van der Waals surface area contributed by atoms with E-state index in [1.54, 1.807) is 0 Å². The van der Waals surface area contributed by atoms with E-state index < -0.39 is 0 Å². The maximum atomic E-state index is 12.0. The van der Waals surface area contributed by atoms with Crippen LogP contribution in [-0.2, 0) is 11.2 Å². The molecule has 1 atom stereocenters.